The van der Waals surface area contributed by atoms with Crippen molar-refractivity contribution in [1.82, 2.24) is 0 Å². The Morgan fingerprint density at radius 2 is 0.900 bits per heavy atom. The molecular weight excluding hydrogens is 791 g/mol. The third-order valence-corrected chi connectivity index (χ3v) is 12.0. The fourth-order valence-corrected chi connectivity index (χ4v) is 8.17. The van der Waals surface area contributed by atoms with Gasteiger partial charge in [-0.05, 0) is 44.9 Å². The number of phosphoric ester groups is 1. The van der Waals surface area contributed by atoms with E-state index in [1.807, 2.05) is 0 Å². The minimum absolute atomic E-state index is 0.0833. The molecule has 1 rings (SSSR count). The van der Waals surface area contributed by atoms with Crippen molar-refractivity contribution in [3.8, 4) is 0 Å². The second-order valence-electron chi connectivity index (χ2n) is 16.6. The second kappa shape index (κ2) is 36.8. The molecule has 0 heterocycles. The summed E-state index contributed by atoms with van der Waals surface area (Å²) in [7, 11) is -5.12. The van der Waals surface area contributed by atoms with E-state index in [4.69, 9.17) is 18.5 Å². The number of unbranched alkanes of at least 4 members (excludes halogenated alkanes) is 23. The molecule has 0 aromatic rings. The number of carbonyl (C=O) groups excluding carboxylic acids is 2. The van der Waals surface area contributed by atoms with Gasteiger partial charge in [-0.2, -0.15) is 0 Å². The van der Waals surface area contributed by atoms with E-state index in [0.29, 0.717) is 12.8 Å². The van der Waals surface area contributed by atoms with Crippen LogP contribution in [0.3, 0.4) is 0 Å². The first-order valence-electron chi connectivity index (χ1n) is 23.6. The normalized spacial score (nSPS) is 22.3. The van der Waals surface area contributed by atoms with Crippen molar-refractivity contribution in [3.63, 3.8) is 0 Å². The predicted molar refractivity (Wildman–Crippen MR) is 235 cm³/mol. The van der Waals surface area contributed by atoms with Gasteiger partial charge in [0.2, 0.25) is 0 Å². The lowest BCUT2D eigenvalue weighted by Gasteiger charge is -2.41. The highest BCUT2D eigenvalue weighted by molar-refractivity contribution is 7.47. The lowest BCUT2D eigenvalue weighted by molar-refractivity contribution is -0.220. The molecule has 0 saturated heterocycles. The summed E-state index contributed by atoms with van der Waals surface area (Å²) in [5.74, 6) is -1.11. The molecule has 0 aromatic carbocycles. The van der Waals surface area contributed by atoms with Gasteiger partial charge in [0.1, 0.15) is 43.2 Å². The molecule has 0 bridgehead atoms. The van der Waals surface area contributed by atoms with Crippen LogP contribution in [0.5, 0.6) is 0 Å². The van der Waals surface area contributed by atoms with Crippen LogP contribution in [0.1, 0.15) is 200 Å². The maximum atomic E-state index is 12.8. The quantitative estimate of drug-likeness (QED) is 0.0147. The second-order valence-corrected chi connectivity index (χ2v) is 18.0. The summed E-state index contributed by atoms with van der Waals surface area (Å²) in [6.45, 7) is 3.27. The molecule has 0 radical (unpaired) electrons. The van der Waals surface area contributed by atoms with Crippen molar-refractivity contribution >= 4 is 19.8 Å². The molecule has 0 aromatic heterocycles. The maximum Gasteiger partial charge on any atom is 0.472 e. The molecule has 352 valence electrons. The van der Waals surface area contributed by atoms with Gasteiger partial charge in [-0.15, -0.1) is 0 Å². The summed E-state index contributed by atoms with van der Waals surface area (Å²) >= 11 is 0. The topological polar surface area (TPSA) is 210 Å². The van der Waals surface area contributed by atoms with Crippen molar-refractivity contribution in [2.75, 3.05) is 13.2 Å². The molecule has 1 aliphatic rings. The summed E-state index contributed by atoms with van der Waals surface area (Å²) < 4.78 is 33.5. The first-order valence-corrected chi connectivity index (χ1v) is 25.1. The Labute approximate surface area is 362 Å². The smallest absolute Gasteiger partial charge is 0.462 e. The van der Waals surface area contributed by atoms with Crippen LogP contribution in [0.4, 0.5) is 0 Å². The number of phosphoric acid groups is 1. The van der Waals surface area contributed by atoms with E-state index in [2.05, 4.69) is 38.2 Å². The Morgan fingerprint density at radius 1 is 0.517 bits per heavy atom. The van der Waals surface area contributed by atoms with E-state index in [0.717, 1.165) is 64.2 Å². The van der Waals surface area contributed by atoms with Crippen LogP contribution in [-0.2, 0) is 32.7 Å². The minimum Gasteiger partial charge on any atom is -0.462 e. The number of rotatable bonds is 39. The minimum atomic E-state index is -5.12. The highest BCUT2D eigenvalue weighted by Crippen LogP contribution is 2.47. The highest BCUT2D eigenvalue weighted by atomic mass is 31.2. The molecule has 0 aliphatic heterocycles. The number of ether oxygens (including phenoxy) is 2. The molecule has 6 unspecified atom stereocenters. The lowest BCUT2D eigenvalue weighted by Crippen LogP contribution is -2.64. The largest absolute Gasteiger partial charge is 0.472 e. The van der Waals surface area contributed by atoms with Crippen LogP contribution < -0.4 is 0 Å². The molecule has 1 fully saturated rings. The van der Waals surface area contributed by atoms with Gasteiger partial charge in [0.25, 0.3) is 0 Å². The number of hydrogen-bond acceptors (Lipinski definition) is 12. The number of esters is 2. The van der Waals surface area contributed by atoms with Crippen LogP contribution in [0.25, 0.3) is 0 Å². The van der Waals surface area contributed by atoms with Gasteiger partial charge in [-0.1, -0.05) is 167 Å². The zero-order valence-electron chi connectivity index (χ0n) is 37.3. The molecule has 0 spiro atoms. The average Bonchev–Trinajstić information content (AvgIpc) is 3.23. The first kappa shape index (κ1) is 56.3. The van der Waals surface area contributed by atoms with E-state index in [9.17, 15) is 44.6 Å². The number of aliphatic hydroxyl groups excluding tert-OH is 5. The number of allylic oxidation sites excluding steroid dienone is 4. The molecule has 60 heavy (non-hydrogen) atoms. The molecule has 1 aliphatic carbocycles. The van der Waals surface area contributed by atoms with Gasteiger partial charge >= 0.3 is 19.8 Å². The van der Waals surface area contributed by atoms with E-state index in [-0.39, 0.29) is 12.8 Å². The Bertz CT molecular complexity index is 1150. The van der Waals surface area contributed by atoms with E-state index >= 15 is 0 Å². The highest BCUT2D eigenvalue weighted by Gasteiger charge is 2.51. The molecule has 1 saturated carbocycles. The van der Waals surface area contributed by atoms with Gasteiger partial charge < -0.3 is 39.9 Å². The van der Waals surface area contributed by atoms with Crippen LogP contribution in [0.2, 0.25) is 0 Å². The van der Waals surface area contributed by atoms with Gasteiger partial charge in [-0.3, -0.25) is 18.6 Å². The van der Waals surface area contributed by atoms with E-state index < -0.39 is 75.7 Å². The first-order chi connectivity index (χ1) is 28.9. The number of carbonyl (C=O) groups is 2. The maximum absolute atomic E-state index is 12.8. The summed E-state index contributed by atoms with van der Waals surface area (Å²) in [5.41, 5.74) is 0. The summed E-state index contributed by atoms with van der Waals surface area (Å²) in [6.07, 6.45) is 26.6. The van der Waals surface area contributed by atoms with Gasteiger partial charge in [-0.25, -0.2) is 4.57 Å². The molecular formula is C46H85O13P. The van der Waals surface area contributed by atoms with Crippen molar-refractivity contribution in [2.24, 2.45) is 0 Å². The third-order valence-electron chi connectivity index (χ3n) is 11.0. The van der Waals surface area contributed by atoms with Crippen molar-refractivity contribution < 1.29 is 63.1 Å². The average molecular weight is 877 g/mol. The third kappa shape index (κ3) is 28.8. The van der Waals surface area contributed by atoms with Crippen LogP contribution in [-0.4, -0.2) is 98.3 Å². The molecule has 0 amide bonds. The molecule has 8 atom stereocenters. The standard InChI is InChI=1S/C46H85O13P/c1-3-5-7-9-11-13-15-17-19-21-22-24-26-28-30-32-34-39(47)56-36-38(37-57-60(54,55)59-46-44(52)42(50)41(49)43(51)45(46)53)58-40(48)35-33-31-29-27-25-23-20-18-16-14-12-10-8-6-4-2/h12,14,18,20,38,41-46,49-53H,3-11,13,15-17,19,21-37H2,1-2H3,(H,54,55)/b14-12+,20-18+/t38-,41?,42-,43?,44?,45?,46?/m0/s1. The van der Waals surface area contributed by atoms with Gasteiger partial charge in [0.05, 0.1) is 6.61 Å². The summed E-state index contributed by atoms with van der Waals surface area (Å²) in [4.78, 5) is 35.7. The zero-order valence-corrected chi connectivity index (χ0v) is 38.2. The summed E-state index contributed by atoms with van der Waals surface area (Å²) in [6, 6.07) is 0. The number of aliphatic hydroxyl groups is 5. The SMILES string of the molecule is CCCCC/C=C/C/C=C/CCCCCCCC(=O)O[C@@H](COC(=O)CCCCCCCCCCCCCCCCCC)COP(=O)(O)OC1C(O)C(O)C(O)[C@H](O)C1O. The van der Waals surface area contributed by atoms with Gasteiger partial charge in [0, 0.05) is 12.8 Å². The van der Waals surface area contributed by atoms with Crippen molar-refractivity contribution in [2.45, 2.75) is 243 Å². The fourth-order valence-electron chi connectivity index (χ4n) is 7.20. The Hall–Kier alpha value is -1.67. The van der Waals surface area contributed by atoms with E-state index in [1.165, 1.54) is 96.3 Å². The predicted octanol–water partition coefficient (Wildman–Crippen LogP) is 9.23. The van der Waals surface area contributed by atoms with E-state index in [1.54, 1.807) is 0 Å². The van der Waals surface area contributed by atoms with Crippen molar-refractivity contribution in [1.29, 1.82) is 0 Å². The zero-order chi connectivity index (χ0) is 44.3. The molecule has 13 nitrogen and oxygen atoms in total. The fraction of sp³-hybridized carbons (Fsp3) is 0.870. The molecule has 6 N–H and O–H groups in total. The van der Waals surface area contributed by atoms with Crippen LogP contribution in [0, 0.1) is 0 Å². The molecule has 14 heteroatoms. The lowest BCUT2D eigenvalue weighted by atomic mass is 9.85. The number of hydrogen-bond donors (Lipinski definition) is 6. The Balaban J connectivity index is 2.45. The van der Waals surface area contributed by atoms with Crippen LogP contribution >= 0.6 is 7.82 Å². The Morgan fingerprint density at radius 3 is 1.38 bits per heavy atom. The van der Waals surface area contributed by atoms with Crippen molar-refractivity contribution in [3.05, 3.63) is 24.3 Å². The van der Waals surface area contributed by atoms with Crippen LogP contribution in [0.15, 0.2) is 24.3 Å². The Kier molecular flexibility index (Phi) is 34.5. The summed E-state index contributed by atoms with van der Waals surface area (Å²) in [5, 5.41) is 50.1. The monoisotopic (exact) mass is 877 g/mol. The van der Waals surface area contributed by atoms with Gasteiger partial charge in [0.15, 0.2) is 6.10 Å².